The second-order valence-corrected chi connectivity index (χ2v) is 10.2. The Hall–Kier alpha value is -4.46. The fourth-order valence-corrected chi connectivity index (χ4v) is 5.22. The summed E-state index contributed by atoms with van der Waals surface area (Å²) in [6, 6.07) is 14.1. The molecule has 0 radical (unpaired) electrons. The largest absolute Gasteiger partial charge is 0.505 e. The number of unbranched alkanes of at least 4 members (excludes halogenated alkanes) is 3. The van der Waals surface area contributed by atoms with Crippen molar-refractivity contribution in [2.75, 3.05) is 6.61 Å². The number of nitrogens with zero attached hydrogens (tertiary/aromatic N) is 4. The Kier molecular flexibility index (Phi) is 7.96. The highest BCUT2D eigenvalue weighted by Crippen LogP contribution is 2.41. The molecule has 8 nitrogen and oxygen atoms in total. The summed E-state index contributed by atoms with van der Waals surface area (Å²) in [6.07, 6.45) is 9.65. The summed E-state index contributed by atoms with van der Waals surface area (Å²) in [7, 11) is 0. The molecule has 0 aliphatic carbocycles. The van der Waals surface area contributed by atoms with Gasteiger partial charge in [-0.2, -0.15) is 0 Å². The third-order valence-corrected chi connectivity index (χ3v) is 7.39. The monoisotopic (exact) mass is 538 g/mol. The van der Waals surface area contributed by atoms with Gasteiger partial charge in [0.25, 0.3) is 11.7 Å². The van der Waals surface area contributed by atoms with Crippen molar-refractivity contribution >= 4 is 23.1 Å². The molecule has 1 fully saturated rings. The molecule has 1 N–H and O–H groups in total. The number of pyridine rings is 2. The minimum atomic E-state index is -0.802. The molecular weight excluding hydrogens is 504 g/mol. The van der Waals surface area contributed by atoms with Crippen LogP contribution < -0.4 is 4.74 Å². The number of carbonyl (C=O) groups excluding carboxylic acids is 2. The van der Waals surface area contributed by atoms with Crippen LogP contribution in [0.2, 0.25) is 0 Å². The third-order valence-electron chi connectivity index (χ3n) is 7.39. The summed E-state index contributed by atoms with van der Waals surface area (Å²) in [4.78, 5) is 37.2. The number of hydrogen-bond donors (Lipinski definition) is 1. The van der Waals surface area contributed by atoms with Crippen molar-refractivity contribution in [3.05, 3.63) is 101 Å². The van der Waals surface area contributed by atoms with Gasteiger partial charge in [-0.15, -0.1) is 0 Å². The van der Waals surface area contributed by atoms with Gasteiger partial charge in [0.2, 0.25) is 0 Å². The fraction of sp³-hybridized carbons (Fsp3) is 0.312. The molecule has 1 unspecified atom stereocenters. The Morgan fingerprint density at radius 1 is 1.02 bits per heavy atom. The van der Waals surface area contributed by atoms with Crippen LogP contribution >= 0.6 is 0 Å². The first-order chi connectivity index (χ1) is 19.4. The lowest BCUT2D eigenvalue weighted by molar-refractivity contribution is -0.140. The van der Waals surface area contributed by atoms with E-state index in [9.17, 15) is 14.7 Å². The SMILES string of the molecule is CCCCCCOc1ccc(C2/C(=C(\O)c3nc4c(C)cccn4c3C)C(=O)C(=O)N2Cc2cccnc2)cc1. The number of amides is 1. The van der Waals surface area contributed by atoms with Gasteiger partial charge in [-0.05, 0) is 61.2 Å². The minimum absolute atomic E-state index is 0.0197. The molecule has 0 spiro atoms. The zero-order chi connectivity index (χ0) is 28.2. The Morgan fingerprint density at radius 2 is 1.82 bits per heavy atom. The van der Waals surface area contributed by atoms with E-state index in [2.05, 4.69) is 16.9 Å². The molecule has 1 aliphatic rings. The number of fused-ring (bicyclic) bond motifs is 1. The van der Waals surface area contributed by atoms with Crippen molar-refractivity contribution < 1.29 is 19.4 Å². The highest BCUT2D eigenvalue weighted by molar-refractivity contribution is 6.46. The maximum absolute atomic E-state index is 13.5. The molecular formula is C32H34N4O4. The maximum atomic E-state index is 13.5. The predicted octanol–water partition coefficient (Wildman–Crippen LogP) is 5.93. The summed E-state index contributed by atoms with van der Waals surface area (Å²) >= 11 is 0. The molecule has 1 amide bonds. The quantitative estimate of drug-likeness (QED) is 0.116. The van der Waals surface area contributed by atoms with Crippen LogP contribution in [0.1, 0.15) is 66.7 Å². The lowest BCUT2D eigenvalue weighted by atomic mass is 9.96. The number of benzene rings is 1. The number of aryl methyl sites for hydroxylation is 2. The van der Waals surface area contributed by atoms with Crippen LogP contribution in [-0.4, -0.2) is 42.7 Å². The number of carbonyl (C=O) groups is 2. The molecule has 1 aliphatic heterocycles. The molecule has 0 saturated carbocycles. The highest BCUT2D eigenvalue weighted by Gasteiger charge is 2.46. The number of ether oxygens (including phenoxy) is 1. The van der Waals surface area contributed by atoms with Crippen molar-refractivity contribution in [1.29, 1.82) is 0 Å². The first kappa shape index (κ1) is 27.1. The number of aliphatic hydroxyl groups is 1. The van der Waals surface area contributed by atoms with E-state index in [0.29, 0.717) is 23.5 Å². The van der Waals surface area contributed by atoms with E-state index in [0.717, 1.165) is 29.7 Å². The van der Waals surface area contributed by atoms with Crippen molar-refractivity contribution in [3.63, 3.8) is 0 Å². The molecule has 206 valence electrons. The number of likely N-dealkylation sites (tertiary alicyclic amines) is 1. The van der Waals surface area contributed by atoms with Crippen molar-refractivity contribution in [1.82, 2.24) is 19.3 Å². The molecule has 3 aromatic heterocycles. The smallest absolute Gasteiger partial charge is 0.295 e. The summed E-state index contributed by atoms with van der Waals surface area (Å²) in [5.41, 5.74) is 4.07. The second kappa shape index (κ2) is 11.7. The van der Waals surface area contributed by atoms with Gasteiger partial charge in [0.05, 0.1) is 23.9 Å². The maximum Gasteiger partial charge on any atom is 0.295 e. The molecule has 5 rings (SSSR count). The number of imidazole rings is 1. The molecule has 40 heavy (non-hydrogen) atoms. The summed E-state index contributed by atoms with van der Waals surface area (Å²) in [6.45, 7) is 6.74. The first-order valence-electron chi connectivity index (χ1n) is 13.8. The number of Topliss-reactive ketones (excluding diaryl/α,β-unsaturated/α-hetero) is 1. The van der Waals surface area contributed by atoms with Crippen LogP contribution in [0.4, 0.5) is 0 Å². The van der Waals surface area contributed by atoms with Crippen LogP contribution in [0.3, 0.4) is 0 Å². The molecule has 8 heteroatoms. The second-order valence-electron chi connectivity index (χ2n) is 10.2. The standard InChI is InChI=1S/C32H34N4O4/c1-4-5-6-7-18-40-25-14-12-24(13-15-25)28-26(30(38)32(39)36(28)20-23-11-8-16-33-19-23)29(37)27-22(3)35-17-9-10-21(2)31(35)34-27/h8-17,19,28,37H,4-7,18,20H2,1-3H3/b29-26+. The van der Waals surface area contributed by atoms with E-state index in [1.54, 1.807) is 18.5 Å². The lowest BCUT2D eigenvalue weighted by Gasteiger charge is -2.25. The zero-order valence-electron chi connectivity index (χ0n) is 23.1. The van der Waals surface area contributed by atoms with Gasteiger partial charge in [0.1, 0.15) is 17.1 Å². The predicted molar refractivity (Wildman–Crippen MR) is 153 cm³/mol. The van der Waals surface area contributed by atoms with Crippen LogP contribution in [0.5, 0.6) is 5.75 Å². The van der Waals surface area contributed by atoms with Crippen LogP contribution in [-0.2, 0) is 16.1 Å². The summed E-state index contributed by atoms with van der Waals surface area (Å²) < 4.78 is 7.78. The lowest BCUT2D eigenvalue weighted by Crippen LogP contribution is -2.29. The van der Waals surface area contributed by atoms with Gasteiger partial charge in [-0.3, -0.25) is 14.6 Å². The van der Waals surface area contributed by atoms with Gasteiger partial charge in [-0.25, -0.2) is 4.98 Å². The van der Waals surface area contributed by atoms with Gasteiger partial charge in [-0.1, -0.05) is 50.5 Å². The van der Waals surface area contributed by atoms with Crippen LogP contribution in [0, 0.1) is 13.8 Å². The number of aliphatic hydroxyl groups excluding tert-OH is 1. The van der Waals surface area contributed by atoms with Gasteiger partial charge >= 0.3 is 0 Å². The van der Waals surface area contributed by atoms with Crippen LogP contribution in [0.25, 0.3) is 11.4 Å². The number of rotatable bonds is 10. The average Bonchev–Trinajstić information content (AvgIpc) is 3.44. The number of aromatic nitrogens is 3. The zero-order valence-corrected chi connectivity index (χ0v) is 23.1. The Morgan fingerprint density at radius 3 is 2.52 bits per heavy atom. The van der Waals surface area contributed by atoms with E-state index in [4.69, 9.17) is 4.74 Å². The van der Waals surface area contributed by atoms with Gasteiger partial charge in [0, 0.05) is 25.1 Å². The first-order valence-corrected chi connectivity index (χ1v) is 13.8. The van der Waals surface area contributed by atoms with E-state index in [1.165, 1.54) is 17.7 Å². The molecule has 1 saturated heterocycles. The Balaban J connectivity index is 1.55. The fourth-order valence-electron chi connectivity index (χ4n) is 5.22. The number of hydrogen-bond acceptors (Lipinski definition) is 6. The highest BCUT2D eigenvalue weighted by atomic mass is 16.5. The van der Waals surface area contributed by atoms with Gasteiger partial charge < -0.3 is 19.1 Å². The van der Waals surface area contributed by atoms with E-state index in [1.807, 2.05) is 66.9 Å². The summed E-state index contributed by atoms with van der Waals surface area (Å²) in [5, 5.41) is 11.6. The van der Waals surface area contributed by atoms with Crippen molar-refractivity contribution in [2.24, 2.45) is 0 Å². The van der Waals surface area contributed by atoms with Crippen molar-refractivity contribution in [2.45, 2.75) is 59.0 Å². The molecule has 1 atom stereocenters. The Bertz CT molecular complexity index is 1560. The molecule has 4 aromatic rings. The normalized spacial score (nSPS) is 16.7. The van der Waals surface area contributed by atoms with E-state index in [-0.39, 0.29) is 23.6 Å². The molecule has 0 bridgehead atoms. The van der Waals surface area contributed by atoms with Gasteiger partial charge in [0.15, 0.2) is 5.76 Å². The van der Waals surface area contributed by atoms with E-state index < -0.39 is 17.7 Å². The molecule has 4 heterocycles. The number of ketones is 1. The summed E-state index contributed by atoms with van der Waals surface area (Å²) in [5.74, 6) is -0.981. The minimum Gasteiger partial charge on any atom is -0.505 e. The molecule has 1 aromatic carbocycles. The third kappa shape index (κ3) is 5.21. The average molecular weight is 539 g/mol. The van der Waals surface area contributed by atoms with E-state index >= 15 is 0 Å². The Labute approximate surface area is 234 Å². The topological polar surface area (TPSA) is 97.0 Å². The van der Waals surface area contributed by atoms with Crippen LogP contribution in [0.15, 0.2) is 72.7 Å². The van der Waals surface area contributed by atoms with Crippen molar-refractivity contribution in [3.8, 4) is 5.75 Å².